The number of esters is 1. The largest absolute Gasteiger partial charge is 0.743 e. The highest BCUT2D eigenvalue weighted by Gasteiger charge is 2.69. The molecule has 2 rings (SSSR count). The predicted octanol–water partition coefficient (Wildman–Crippen LogP) is 1.74. The van der Waals surface area contributed by atoms with Crippen LogP contribution in [0.15, 0.2) is 0 Å². The molecule has 0 spiro atoms. The van der Waals surface area contributed by atoms with Crippen LogP contribution in [0.1, 0.15) is 26.2 Å². The van der Waals surface area contributed by atoms with E-state index in [2.05, 4.69) is 0 Å². The lowest BCUT2D eigenvalue weighted by atomic mass is 9.82. The minimum absolute atomic E-state index is 0.0283. The van der Waals surface area contributed by atoms with Crippen LogP contribution in [0.4, 0.5) is 17.6 Å². The Morgan fingerprint density at radius 1 is 1.14 bits per heavy atom. The summed E-state index contributed by atoms with van der Waals surface area (Å²) >= 11 is 0. The maximum atomic E-state index is 13.8. The third-order valence-electron chi connectivity index (χ3n) is 4.28. The summed E-state index contributed by atoms with van der Waals surface area (Å²) in [6, 6.07) is 0. The maximum absolute atomic E-state index is 13.8. The van der Waals surface area contributed by atoms with Crippen LogP contribution in [0.2, 0.25) is 0 Å². The Hall–Kier alpha value is -0.900. The van der Waals surface area contributed by atoms with Gasteiger partial charge in [-0.25, -0.2) is 8.42 Å². The second-order valence-electron chi connectivity index (χ2n) is 5.58. The van der Waals surface area contributed by atoms with Crippen molar-refractivity contribution in [2.45, 2.75) is 43.5 Å². The molecule has 0 N–H and O–H groups in total. The second-order valence-corrected chi connectivity index (χ2v) is 7.00. The van der Waals surface area contributed by atoms with E-state index < -0.39 is 57.5 Å². The molecule has 4 atom stereocenters. The SMILES string of the molecule is CC(=O)OC1CC2CC1CC2C(F)(F)C(F)(F)S(=O)(=O)[O-]. The van der Waals surface area contributed by atoms with Crippen molar-refractivity contribution in [1.29, 1.82) is 0 Å². The van der Waals surface area contributed by atoms with Gasteiger partial charge in [0, 0.05) is 12.8 Å². The van der Waals surface area contributed by atoms with Crippen molar-refractivity contribution in [2.24, 2.45) is 17.8 Å². The summed E-state index contributed by atoms with van der Waals surface area (Å²) in [5.41, 5.74) is 0. The van der Waals surface area contributed by atoms with E-state index in [0.717, 1.165) is 6.92 Å². The molecule has 2 aliphatic carbocycles. The molecular formula is C11H13F4O5S-. The molecule has 0 aromatic rings. The van der Waals surface area contributed by atoms with Crippen molar-refractivity contribution >= 4 is 16.1 Å². The Morgan fingerprint density at radius 2 is 1.71 bits per heavy atom. The van der Waals surface area contributed by atoms with Crippen molar-refractivity contribution in [3.8, 4) is 0 Å². The van der Waals surface area contributed by atoms with E-state index in [1.807, 2.05) is 0 Å². The molecule has 10 heteroatoms. The van der Waals surface area contributed by atoms with Gasteiger partial charge in [-0.1, -0.05) is 0 Å². The van der Waals surface area contributed by atoms with Crippen LogP contribution >= 0.6 is 0 Å². The van der Waals surface area contributed by atoms with E-state index in [0.29, 0.717) is 0 Å². The number of halogens is 4. The van der Waals surface area contributed by atoms with Crippen LogP contribution in [-0.2, 0) is 19.6 Å². The van der Waals surface area contributed by atoms with Gasteiger partial charge in [-0.2, -0.15) is 17.6 Å². The van der Waals surface area contributed by atoms with Gasteiger partial charge in [0.25, 0.3) is 0 Å². The van der Waals surface area contributed by atoms with Crippen LogP contribution < -0.4 is 0 Å². The molecule has 5 nitrogen and oxygen atoms in total. The molecular weight excluding hydrogens is 320 g/mol. The maximum Gasteiger partial charge on any atom is 0.396 e. The van der Waals surface area contributed by atoms with Gasteiger partial charge in [-0.3, -0.25) is 4.79 Å². The molecule has 2 aliphatic rings. The van der Waals surface area contributed by atoms with Gasteiger partial charge in [-0.15, -0.1) is 0 Å². The Morgan fingerprint density at radius 3 is 2.10 bits per heavy atom. The van der Waals surface area contributed by atoms with Gasteiger partial charge in [0.2, 0.25) is 0 Å². The standard InChI is InChI=1S/C11H14F4O5S/c1-5(16)20-9-4-6-2-7(9)3-8(6)10(12,13)11(14,15)21(17,18)19/h6-9H,2-4H2,1H3,(H,17,18,19)/p-1. The van der Waals surface area contributed by atoms with E-state index in [4.69, 9.17) is 4.74 Å². The van der Waals surface area contributed by atoms with Crippen molar-refractivity contribution < 1.29 is 40.1 Å². The van der Waals surface area contributed by atoms with E-state index in [-0.39, 0.29) is 12.8 Å². The molecule has 0 aliphatic heterocycles. The third-order valence-corrected chi connectivity index (χ3v) is 5.18. The predicted molar refractivity (Wildman–Crippen MR) is 59.5 cm³/mol. The van der Waals surface area contributed by atoms with Crippen LogP contribution in [-0.4, -0.2) is 36.2 Å². The first-order valence-electron chi connectivity index (χ1n) is 6.26. The molecule has 0 amide bonds. The fraction of sp³-hybridized carbons (Fsp3) is 0.909. The summed E-state index contributed by atoms with van der Waals surface area (Å²) < 4.78 is 90.3. The van der Waals surface area contributed by atoms with Gasteiger partial charge in [-0.05, 0) is 31.1 Å². The van der Waals surface area contributed by atoms with E-state index in [1.54, 1.807) is 0 Å². The Balaban J connectivity index is 2.18. The van der Waals surface area contributed by atoms with Crippen LogP contribution in [0, 0.1) is 17.8 Å². The number of ether oxygens (including phenoxy) is 1. The lowest BCUT2D eigenvalue weighted by Crippen LogP contribution is -2.53. The summed E-state index contributed by atoms with van der Waals surface area (Å²) in [6.07, 6.45) is -0.898. The number of hydrogen-bond donors (Lipinski definition) is 0. The average molecular weight is 333 g/mol. The minimum Gasteiger partial charge on any atom is -0.743 e. The van der Waals surface area contributed by atoms with Crippen molar-refractivity contribution in [2.75, 3.05) is 0 Å². The third kappa shape index (κ3) is 2.52. The quantitative estimate of drug-likeness (QED) is 0.444. The lowest BCUT2D eigenvalue weighted by molar-refractivity contribution is -0.206. The summed E-state index contributed by atoms with van der Waals surface area (Å²) in [5.74, 6) is -8.85. The first-order valence-corrected chi connectivity index (χ1v) is 7.67. The zero-order valence-electron chi connectivity index (χ0n) is 10.9. The molecule has 2 bridgehead atoms. The van der Waals surface area contributed by atoms with E-state index in [1.165, 1.54) is 0 Å². The van der Waals surface area contributed by atoms with Gasteiger partial charge >= 0.3 is 17.1 Å². The molecule has 4 unspecified atom stereocenters. The smallest absolute Gasteiger partial charge is 0.396 e. The highest BCUT2D eigenvalue weighted by Crippen LogP contribution is 2.58. The van der Waals surface area contributed by atoms with Gasteiger partial charge in [0.1, 0.15) is 6.10 Å². The van der Waals surface area contributed by atoms with Gasteiger partial charge in [0.15, 0.2) is 10.1 Å². The molecule has 2 fully saturated rings. The molecule has 122 valence electrons. The molecule has 0 heterocycles. The van der Waals surface area contributed by atoms with Crippen LogP contribution in [0.25, 0.3) is 0 Å². The normalized spacial score (nSPS) is 33.2. The molecule has 0 aromatic heterocycles. The fourth-order valence-corrected chi connectivity index (χ4v) is 3.89. The highest BCUT2D eigenvalue weighted by atomic mass is 32.2. The van der Waals surface area contributed by atoms with E-state index >= 15 is 0 Å². The Kier molecular flexibility index (Phi) is 3.77. The number of hydrogen-bond acceptors (Lipinski definition) is 5. The topological polar surface area (TPSA) is 83.5 Å². The summed E-state index contributed by atoms with van der Waals surface area (Å²) in [4.78, 5) is 10.8. The first kappa shape index (κ1) is 16.5. The number of carbonyl (C=O) groups excluding carboxylic acids is 1. The number of rotatable bonds is 4. The van der Waals surface area contributed by atoms with Crippen molar-refractivity contribution in [1.82, 2.24) is 0 Å². The first-order chi connectivity index (χ1) is 9.38. The Bertz CT molecular complexity index is 547. The average Bonchev–Trinajstić information content (AvgIpc) is 2.85. The van der Waals surface area contributed by atoms with Gasteiger partial charge < -0.3 is 9.29 Å². The molecule has 0 aromatic carbocycles. The zero-order chi connectivity index (χ0) is 16.2. The lowest BCUT2D eigenvalue weighted by Gasteiger charge is -2.37. The minimum atomic E-state index is -6.47. The Labute approximate surface area is 118 Å². The molecule has 0 radical (unpaired) electrons. The van der Waals surface area contributed by atoms with Crippen molar-refractivity contribution in [3.63, 3.8) is 0 Å². The summed E-state index contributed by atoms with van der Waals surface area (Å²) in [7, 11) is -6.47. The second kappa shape index (κ2) is 4.80. The van der Waals surface area contributed by atoms with Gasteiger partial charge in [0.05, 0.1) is 0 Å². The highest BCUT2D eigenvalue weighted by molar-refractivity contribution is 7.86. The van der Waals surface area contributed by atoms with Crippen LogP contribution in [0.3, 0.4) is 0 Å². The summed E-state index contributed by atoms with van der Waals surface area (Å²) in [6.45, 7) is 1.15. The zero-order valence-corrected chi connectivity index (χ0v) is 11.7. The number of alkyl halides is 4. The number of carbonyl (C=O) groups is 1. The van der Waals surface area contributed by atoms with Crippen LogP contribution in [0.5, 0.6) is 0 Å². The molecule has 0 saturated heterocycles. The monoisotopic (exact) mass is 333 g/mol. The molecule has 21 heavy (non-hydrogen) atoms. The fourth-order valence-electron chi connectivity index (χ4n) is 3.41. The number of fused-ring (bicyclic) bond motifs is 2. The summed E-state index contributed by atoms with van der Waals surface area (Å²) in [5, 5.41) is -5.65. The van der Waals surface area contributed by atoms with E-state index in [9.17, 15) is 35.3 Å². The molecule has 2 saturated carbocycles. The van der Waals surface area contributed by atoms with Crippen molar-refractivity contribution in [3.05, 3.63) is 0 Å².